The minimum atomic E-state index is -0.224. The number of esters is 1. The van der Waals surface area contributed by atoms with Crippen molar-refractivity contribution in [2.45, 2.75) is 44.1 Å². The second-order valence-corrected chi connectivity index (χ2v) is 10.0. The minimum absolute atomic E-state index is 0.125. The first-order chi connectivity index (χ1) is 11.0. The van der Waals surface area contributed by atoms with Crippen LogP contribution in [0.25, 0.3) is 0 Å². The second-order valence-electron chi connectivity index (χ2n) is 6.55. The molecule has 0 radical (unpaired) electrons. The van der Waals surface area contributed by atoms with Crippen molar-refractivity contribution in [2.75, 3.05) is 13.1 Å². The molecule has 1 saturated carbocycles. The molecule has 0 unspecified atom stereocenters. The summed E-state index contributed by atoms with van der Waals surface area (Å²) in [5, 5.41) is 2.35. The number of benzene rings is 1. The van der Waals surface area contributed by atoms with Gasteiger partial charge in [-0.3, -0.25) is 0 Å². The molecule has 6 heteroatoms. The highest BCUT2D eigenvalue weighted by molar-refractivity contribution is 14.1. The number of nitrogens with two attached hydrogens (primary N) is 1. The van der Waals surface area contributed by atoms with Crippen molar-refractivity contribution in [3.05, 3.63) is 28.4 Å². The molecule has 3 nitrogen and oxygen atoms in total. The summed E-state index contributed by atoms with van der Waals surface area (Å²) in [7, 11) is 0. The maximum Gasteiger partial charge on any atom is 0.339 e. The number of hydrogen-bond acceptors (Lipinski definition) is 2. The molecular weight excluding hydrogens is 631 g/mol. The van der Waals surface area contributed by atoms with E-state index in [0.29, 0.717) is 5.92 Å². The van der Waals surface area contributed by atoms with Gasteiger partial charge in [-0.25, -0.2) is 4.79 Å². The lowest BCUT2D eigenvalue weighted by atomic mass is 9.78. The fourth-order valence-corrected chi connectivity index (χ4v) is 6.33. The number of carbonyl (C=O) groups is 1. The van der Waals surface area contributed by atoms with Crippen LogP contribution in [0.2, 0.25) is 0 Å². The van der Waals surface area contributed by atoms with Gasteiger partial charge in [0.2, 0.25) is 0 Å². The molecule has 0 bridgehead atoms. The number of piperidine rings is 1. The zero-order valence-electron chi connectivity index (χ0n) is 12.9. The van der Waals surface area contributed by atoms with Crippen LogP contribution in [-0.4, -0.2) is 24.7 Å². The molecule has 0 amide bonds. The average Bonchev–Trinajstić information content (AvgIpc) is 3.06. The van der Waals surface area contributed by atoms with E-state index in [-0.39, 0.29) is 11.6 Å². The molecule has 2 N–H and O–H groups in total. The lowest BCUT2D eigenvalue weighted by molar-refractivity contribution is -0.668. The Morgan fingerprint density at radius 3 is 2.43 bits per heavy atom. The molecular formula is C17H21I3NO2+. The molecule has 1 aliphatic carbocycles. The maximum absolute atomic E-state index is 13.0. The molecule has 2 fully saturated rings. The van der Waals surface area contributed by atoms with Crippen molar-refractivity contribution in [1.29, 1.82) is 0 Å². The lowest BCUT2D eigenvalue weighted by Crippen LogP contribution is -2.88. The predicted molar refractivity (Wildman–Crippen MR) is 116 cm³/mol. The number of quaternary nitrogens is 1. The maximum atomic E-state index is 13.0. The van der Waals surface area contributed by atoms with E-state index in [4.69, 9.17) is 4.74 Å². The molecule has 126 valence electrons. The van der Waals surface area contributed by atoms with Crippen molar-refractivity contribution >= 4 is 73.7 Å². The van der Waals surface area contributed by atoms with E-state index in [1.807, 2.05) is 6.07 Å². The van der Waals surface area contributed by atoms with Crippen LogP contribution in [0.3, 0.4) is 0 Å². The van der Waals surface area contributed by atoms with Crippen molar-refractivity contribution in [3.63, 3.8) is 0 Å². The molecule has 1 aromatic rings. The molecule has 23 heavy (non-hydrogen) atoms. The Kier molecular flexibility index (Phi) is 6.50. The van der Waals surface area contributed by atoms with Gasteiger partial charge >= 0.3 is 5.97 Å². The van der Waals surface area contributed by atoms with E-state index in [0.717, 1.165) is 42.2 Å². The summed E-state index contributed by atoms with van der Waals surface area (Å²) in [6.45, 7) is 2.15. The van der Waals surface area contributed by atoms with Gasteiger partial charge in [0.15, 0.2) is 0 Å². The van der Waals surface area contributed by atoms with E-state index in [1.54, 1.807) is 0 Å². The highest BCUT2D eigenvalue weighted by Gasteiger charge is 2.46. The number of ether oxygens (including phenoxy) is 1. The minimum Gasteiger partial charge on any atom is -0.455 e. The predicted octanol–water partition coefficient (Wildman–Crippen LogP) is 3.94. The van der Waals surface area contributed by atoms with Gasteiger partial charge in [0.1, 0.15) is 5.60 Å². The summed E-state index contributed by atoms with van der Waals surface area (Å²) in [6.07, 6.45) is 7.00. The summed E-state index contributed by atoms with van der Waals surface area (Å²) in [5.41, 5.74) is 0.506. The molecule has 1 heterocycles. The molecule has 0 spiro atoms. The van der Waals surface area contributed by atoms with Gasteiger partial charge in [-0.05, 0) is 98.7 Å². The first kappa shape index (κ1) is 18.6. The summed E-state index contributed by atoms with van der Waals surface area (Å²) >= 11 is 6.84. The standard InChI is InChI=1S/C17H20I3NO2/c18-12-9-13(15(20)14(19)10-12)16(22)23-17(5-7-21-8-6-17)11-3-1-2-4-11/h9-11,21H,1-8H2/p+1. The lowest BCUT2D eigenvalue weighted by Gasteiger charge is -2.40. The van der Waals surface area contributed by atoms with Gasteiger partial charge in [-0.2, -0.15) is 0 Å². The second kappa shape index (κ2) is 8.03. The van der Waals surface area contributed by atoms with E-state index in [9.17, 15) is 4.79 Å². The number of rotatable bonds is 3. The van der Waals surface area contributed by atoms with E-state index >= 15 is 0 Å². The Bertz CT molecular complexity index is 594. The first-order valence-electron chi connectivity index (χ1n) is 8.21. The van der Waals surface area contributed by atoms with E-state index in [1.165, 1.54) is 25.7 Å². The molecule has 0 atom stereocenters. The zero-order valence-corrected chi connectivity index (χ0v) is 19.4. The fourth-order valence-electron chi connectivity index (χ4n) is 3.95. The van der Waals surface area contributed by atoms with Gasteiger partial charge in [-0.15, -0.1) is 0 Å². The molecule has 1 aromatic carbocycles. The van der Waals surface area contributed by atoms with Crippen LogP contribution < -0.4 is 5.32 Å². The number of hydrogen-bond donors (Lipinski definition) is 1. The van der Waals surface area contributed by atoms with Crippen LogP contribution in [0.5, 0.6) is 0 Å². The third kappa shape index (κ3) is 4.16. The third-order valence-corrected chi connectivity index (χ3v) is 8.82. The fraction of sp³-hybridized carbons (Fsp3) is 0.588. The molecule has 2 aliphatic rings. The normalized spacial score (nSPS) is 21.3. The summed E-state index contributed by atoms with van der Waals surface area (Å²) in [5.74, 6) is 0.430. The molecule has 1 aliphatic heterocycles. The van der Waals surface area contributed by atoms with Crippen LogP contribution in [-0.2, 0) is 4.74 Å². The molecule has 3 rings (SSSR count). The summed E-state index contributed by atoms with van der Waals surface area (Å²) in [6, 6.07) is 4.06. The van der Waals surface area contributed by atoms with Crippen molar-refractivity contribution in [2.24, 2.45) is 5.92 Å². The van der Waals surface area contributed by atoms with Crippen molar-refractivity contribution < 1.29 is 14.8 Å². The molecule has 1 saturated heterocycles. The van der Waals surface area contributed by atoms with Gasteiger partial charge < -0.3 is 10.1 Å². The quantitative estimate of drug-likeness (QED) is 0.306. The zero-order chi connectivity index (χ0) is 16.4. The Labute approximate surface area is 178 Å². The summed E-state index contributed by atoms with van der Waals surface area (Å²) < 4.78 is 9.49. The van der Waals surface area contributed by atoms with Crippen molar-refractivity contribution in [1.82, 2.24) is 0 Å². The highest BCUT2D eigenvalue weighted by atomic mass is 127. The van der Waals surface area contributed by atoms with Crippen LogP contribution in [0.4, 0.5) is 0 Å². The first-order valence-corrected chi connectivity index (χ1v) is 11.4. The van der Waals surface area contributed by atoms with Gasteiger partial charge in [-0.1, -0.05) is 12.8 Å². The smallest absolute Gasteiger partial charge is 0.339 e. The van der Waals surface area contributed by atoms with Crippen molar-refractivity contribution in [3.8, 4) is 0 Å². The van der Waals surface area contributed by atoms with Gasteiger partial charge in [0, 0.05) is 23.6 Å². The van der Waals surface area contributed by atoms with Crippen LogP contribution >= 0.6 is 67.8 Å². The van der Waals surface area contributed by atoms with Crippen LogP contribution in [0, 0.1) is 16.6 Å². The van der Waals surface area contributed by atoms with E-state index in [2.05, 4.69) is 79.2 Å². The van der Waals surface area contributed by atoms with Crippen LogP contribution in [0.1, 0.15) is 48.9 Å². The number of carbonyl (C=O) groups excluding carboxylic acids is 1. The van der Waals surface area contributed by atoms with Gasteiger partial charge in [0.05, 0.1) is 18.7 Å². The number of halogens is 3. The van der Waals surface area contributed by atoms with Gasteiger partial charge in [0.25, 0.3) is 0 Å². The largest absolute Gasteiger partial charge is 0.455 e. The van der Waals surface area contributed by atoms with E-state index < -0.39 is 0 Å². The Hall–Kier alpha value is 0.840. The third-order valence-electron chi connectivity index (χ3n) is 5.15. The van der Waals surface area contributed by atoms with Crippen LogP contribution in [0.15, 0.2) is 12.1 Å². The SMILES string of the molecule is O=C(OC1(C2CCCC2)CC[NH2+]CC1)c1cc(I)cc(I)c1I. The monoisotopic (exact) mass is 652 g/mol. The highest BCUT2D eigenvalue weighted by Crippen LogP contribution is 2.41. The topological polar surface area (TPSA) is 42.9 Å². The summed E-state index contributed by atoms with van der Waals surface area (Å²) in [4.78, 5) is 13.0. The Morgan fingerprint density at radius 1 is 1.13 bits per heavy atom. The Balaban J connectivity index is 1.86. The Morgan fingerprint density at radius 2 is 1.78 bits per heavy atom. The average molecular weight is 652 g/mol. The molecule has 0 aromatic heterocycles.